The fourth-order valence-corrected chi connectivity index (χ4v) is 2.16. The van der Waals surface area contributed by atoms with Gasteiger partial charge in [-0.25, -0.2) is 4.98 Å². The zero-order valence-electron chi connectivity index (χ0n) is 8.21. The first-order valence-corrected chi connectivity index (χ1v) is 5.51. The Labute approximate surface area is 96.7 Å². The number of nitrogens with zero attached hydrogens (tertiary/aromatic N) is 2. The summed E-state index contributed by atoms with van der Waals surface area (Å²) in [6, 6.07) is 2.06. The number of fused-ring (bicyclic) bond motifs is 1. The van der Waals surface area contributed by atoms with Crippen molar-refractivity contribution in [1.82, 2.24) is 14.9 Å². The maximum atomic E-state index is 4.24. The molecule has 0 aliphatic heterocycles. The van der Waals surface area contributed by atoms with Crippen molar-refractivity contribution in [2.45, 2.75) is 6.54 Å². The summed E-state index contributed by atoms with van der Waals surface area (Å²) in [5.41, 5.74) is 2.47. The highest BCUT2D eigenvalue weighted by molar-refractivity contribution is 14.1. The van der Waals surface area contributed by atoms with E-state index in [0.717, 1.165) is 15.8 Å². The standard InChI is InChI=1S/C10H12IN3/c1-14(2)6-7-5-13-9-8(7)3-4-12-10(9)11/h3-5,13H,6H2,1-2H3. The van der Waals surface area contributed by atoms with Crippen molar-refractivity contribution in [3.63, 3.8) is 0 Å². The molecule has 0 radical (unpaired) electrons. The average molecular weight is 301 g/mol. The molecule has 0 aliphatic carbocycles. The van der Waals surface area contributed by atoms with E-state index in [0.29, 0.717) is 0 Å². The van der Waals surface area contributed by atoms with Crippen molar-refractivity contribution in [2.24, 2.45) is 0 Å². The predicted octanol–water partition coefficient (Wildman–Crippen LogP) is 2.23. The van der Waals surface area contributed by atoms with Crippen molar-refractivity contribution in [2.75, 3.05) is 14.1 Å². The normalized spacial score (nSPS) is 11.4. The van der Waals surface area contributed by atoms with Crippen molar-refractivity contribution >= 4 is 33.5 Å². The number of rotatable bonds is 2. The predicted molar refractivity (Wildman–Crippen MR) is 66.2 cm³/mol. The summed E-state index contributed by atoms with van der Waals surface area (Å²) < 4.78 is 1.03. The van der Waals surface area contributed by atoms with Crippen LogP contribution in [-0.4, -0.2) is 29.0 Å². The van der Waals surface area contributed by atoms with Gasteiger partial charge in [-0.05, 0) is 48.3 Å². The van der Waals surface area contributed by atoms with Gasteiger partial charge in [0.15, 0.2) is 0 Å². The van der Waals surface area contributed by atoms with E-state index in [2.05, 4.69) is 63.8 Å². The molecule has 0 atom stereocenters. The number of aromatic amines is 1. The third-order valence-electron chi connectivity index (χ3n) is 2.13. The van der Waals surface area contributed by atoms with Crippen LogP contribution in [0.25, 0.3) is 10.9 Å². The summed E-state index contributed by atoms with van der Waals surface area (Å²) in [5, 5.41) is 1.28. The quantitative estimate of drug-likeness (QED) is 0.681. The second-order valence-corrected chi connectivity index (χ2v) is 4.60. The summed E-state index contributed by atoms with van der Waals surface area (Å²) in [5.74, 6) is 0. The molecule has 0 bridgehead atoms. The monoisotopic (exact) mass is 301 g/mol. The molecule has 0 saturated carbocycles. The van der Waals surface area contributed by atoms with E-state index in [9.17, 15) is 0 Å². The van der Waals surface area contributed by atoms with Gasteiger partial charge in [-0.15, -0.1) is 0 Å². The molecule has 1 N–H and O–H groups in total. The number of halogens is 1. The van der Waals surface area contributed by atoms with Crippen LogP contribution in [0, 0.1) is 3.70 Å². The average Bonchev–Trinajstić information content (AvgIpc) is 2.49. The van der Waals surface area contributed by atoms with E-state index in [1.807, 2.05) is 6.20 Å². The molecule has 3 nitrogen and oxygen atoms in total. The molecule has 2 aromatic rings. The number of H-pyrrole nitrogens is 1. The minimum absolute atomic E-state index is 0.958. The molecular weight excluding hydrogens is 289 g/mol. The minimum Gasteiger partial charge on any atom is -0.359 e. The van der Waals surface area contributed by atoms with Crippen molar-refractivity contribution < 1.29 is 0 Å². The summed E-state index contributed by atoms with van der Waals surface area (Å²) in [6.07, 6.45) is 3.92. The molecule has 0 aliphatic rings. The molecule has 14 heavy (non-hydrogen) atoms. The Bertz CT molecular complexity index is 448. The molecule has 0 saturated heterocycles. The molecule has 0 fully saturated rings. The lowest BCUT2D eigenvalue weighted by Crippen LogP contribution is -2.10. The highest BCUT2D eigenvalue weighted by Crippen LogP contribution is 2.21. The zero-order valence-corrected chi connectivity index (χ0v) is 10.4. The Morgan fingerprint density at radius 3 is 3.00 bits per heavy atom. The van der Waals surface area contributed by atoms with Gasteiger partial charge < -0.3 is 9.88 Å². The SMILES string of the molecule is CN(C)Cc1c[nH]c2c(I)nccc12. The second-order valence-electron chi connectivity index (χ2n) is 3.58. The number of aromatic nitrogens is 2. The van der Waals surface area contributed by atoms with Gasteiger partial charge in [0.1, 0.15) is 3.70 Å². The lowest BCUT2D eigenvalue weighted by Gasteiger charge is -2.07. The summed E-state index contributed by atoms with van der Waals surface area (Å²) in [4.78, 5) is 9.67. The molecular formula is C10H12IN3. The molecule has 4 heteroatoms. The van der Waals surface area contributed by atoms with Gasteiger partial charge in [0, 0.05) is 24.3 Å². The van der Waals surface area contributed by atoms with Gasteiger partial charge in [-0.3, -0.25) is 0 Å². The first-order valence-electron chi connectivity index (χ1n) is 4.43. The van der Waals surface area contributed by atoms with Gasteiger partial charge >= 0.3 is 0 Å². The zero-order chi connectivity index (χ0) is 10.1. The Balaban J connectivity index is 2.52. The fraction of sp³-hybridized carbons (Fsp3) is 0.300. The molecule has 0 spiro atoms. The molecule has 0 amide bonds. The number of nitrogens with one attached hydrogen (secondary N) is 1. The topological polar surface area (TPSA) is 31.9 Å². The van der Waals surface area contributed by atoms with E-state index in [-0.39, 0.29) is 0 Å². The third kappa shape index (κ3) is 1.76. The van der Waals surface area contributed by atoms with Gasteiger partial charge in [-0.1, -0.05) is 0 Å². The van der Waals surface area contributed by atoms with Crippen LogP contribution in [0.5, 0.6) is 0 Å². The van der Waals surface area contributed by atoms with Crippen LogP contribution in [0.1, 0.15) is 5.56 Å². The van der Waals surface area contributed by atoms with Crippen LogP contribution < -0.4 is 0 Å². The van der Waals surface area contributed by atoms with Gasteiger partial charge in [-0.2, -0.15) is 0 Å². The van der Waals surface area contributed by atoms with Crippen LogP contribution in [0.4, 0.5) is 0 Å². The third-order valence-corrected chi connectivity index (χ3v) is 2.95. The van der Waals surface area contributed by atoms with Crippen LogP contribution >= 0.6 is 22.6 Å². The largest absolute Gasteiger partial charge is 0.359 e. The van der Waals surface area contributed by atoms with Gasteiger partial charge in [0.2, 0.25) is 0 Å². The fourth-order valence-electron chi connectivity index (χ4n) is 1.55. The van der Waals surface area contributed by atoms with E-state index in [1.165, 1.54) is 10.9 Å². The first-order chi connectivity index (χ1) is 6.68. The van der Waals surface area contributed by atoms with Crippen molar-refractivity contribution in [1.29, 1.82) is 0 Å². The summed E-state index contributed by atoms with van der Waals surface area (Å²) in [6.45, 7) is 0.958. The van der Waals surface area contributed by atoms with Crippen LogP contribution in [-0.2, 0) is 6.54 Å². The van der Waals surface area contributed by atoms with Crippen LogP contribution in [0.2, 0.25) is 0 Å². The Kier molecular flexibility index (Phi) is 2.73. The van der Waals surface area contributed by atoms with E-state index < -0.39 is 0 Å². The first kappa shape index (κ1) is 9.92. The molecule has 2 aromatic heterocycles. The molecule has 74 valence electrons. The number of hydrogen-bond donors (Lipinski definition) is 1. The molecule has 2 rings (SSSR count). The van der Waals surface area contributed by atoms with Gasteiger partial charge in [0.25, 0.3) is 0 Å². The van der Waals surface area contributed by atoms with Gasteiger partial charge in [0.05, 0.1) is 5.52 Å². The van der Waals surface area contributed by atoms with E-state index in [4.69, 9.17) is 0 Å². The molecule has 2 heterocycles. The maximum Gasteiger partial charge on any atom is 0.125 e. The molecule has 0 aromatic carbocycles. The van der Waals surface area contributed by atoms with Crippen LogP contribution in [0.15, 0.2) is 18.5 Å². The Hall–Kier alpha value is -0.620. The minimum atomic E-state index is 0.958. The lowest BCUT2D eigenvalue weighted by atomic mass is 10.2. The summed E-state index contributed by atoms with van der Waals surface area (Å²) >= 11 is 2.25. The smallest absolute Gasteiger partial charge is 0.125 e. The Morgan fingerprint density at radius 2 is 2.29 bits per heavy atom. The van der Waals surface area contributed by atoms with Crippen molar-refractivity contribution in [3.8, 4) is 0 Å². The van der Waals surface area contributed by atoms with E-state index in [1.54, 1.807) is 0 Å². The van der Waals surface area contributed by atoms with Crippen LogP contribution in [0.3, 0.4) is 0 Å². The van der Waals surface area contributed by atoms with E-state index >= 15 is 0 Å². The van der Waals surface area contributed by atoms with Crippen molar-refractivity contribution in [3.05, 3.63) is 27.7 Å². The Morgan fingerprint density at radius 1 is 1.50 bits per heavy atom. The number of hydrogen-bond acceptors (Lipinski definition) is 2. The summed E-state index contributed by atoms with van der Waals surface area (Å²) in [7, 11) is 4.15. The lowest BCUT2D eigenvalue weighted by molar-refractivity contribution is 0.404. The number of pyridine rings is 1. The molecule has 0 unspecified atom stereocenters. The maximum absolute atomic E-state index is 4.24. The highest BCUT2D eigenvalue weighted by atomic mass is 127. The highest BCUT2D eigenvalue weighted by Gasteiger charge is 2.06. The second kappa shape index (κ2) is 3.86.